The summed E-state index contributed by atoms with van der Waals surface area (Å²) in [5.41, 5.74) is -0.834. The highest BCUT2D eigenvalue weighted by Crippen LogP contribution is 2.35. The molecule has 10 heteroatoms. The van der Waals surface area contributed by atoms with Gasteiger partial charge in [0.15, 0.2) is 0 Å². The van der Waals surface area contributed by atoms with Crippen LogP contribution < -0.4 is 9.84 Å². The largest absolute Gasteiger partial charge is 0.865 e. The molecule has 134 valence electrons. The van der Waals surface area contributed by atoms with Gasteiger partial charge >= 0.3 is 0 Å². The lowest BCUT2D eigenvalue weighted by Crippen LogP contribution is -2.04. The number of methoxy groups -OCH3 is 1. The third kappa shape index (κ3) is 3.77. The van der Waals surface area contributed by atoms with E-state index in [9.17, 15) is 28.9 Å². The highest BCUT2D eigenvalue weighted by molar-refractivity contribution is 7.95. The second kappa shape index (κ2) is 7.43. The summed E-state index contributed by atoms with van der Waals surface area (Å²) in [6, 6.07) is 8.70. The van der Waals surface area contributed by atoms with Gasteiger partial charge in [0.2, 0.25) is 9.84 Å². The van der Waals surface area contributed by atoms with Gasteiger partial charge in [-0.2, -0.15) is 5.26 Å². The number of rotatable bonds is 5. The van der Waals surface area contributed by atoms with Crippen molar-refractivity contribution in [2.24, 2.45) is 0 Å². The Kier molecular flexibility index (Phi) is 5.50. The normalized spacial score (nSPS) is 11.7. The zero-order valence-electron chi connectivity index (χ0n) is 13.2. The molecule has 0 N–H and O–H groups in total. The molecule has 0 aliphatic heterocycles. The Balaban J connectivity index is 2.62. The number of halogens is 1. The Morgan fingerprint density at radius 1 is 1.31 bits per heavy atom. The molecule has 0 atom stereocenters. The Morgan fingerprint density at radius 2 is 1.92 bits per heavy atom. The summed E-state index contributed by atoms with van der Waals surface area (Å²) in [6.07, 6.45) is 0.929. The van der Waals surface area contributed by atoms with Crippen LogP contribution in [0.1, 0.15) is 5.56 Å². The van der Waals surface area contributed by atoms with Gasteiger partial charge in [0.25, 0.3) is 5.69 Å². The van der Waals surface area contributed by atoms with E-state index in [0.29, 0.717) is 5.02 Å². The average Bonchev–Trinajstić information content (AvgIpc) is 2.60. The number of nitrogens with zero attached hydrogens (tertiary/aromatic N) is 2. The Bertz CT molecular complexity index is 1040. The first-order valence-electron chi connectivity index (χ1n) is 6.86. The minimum Gasteiger partial charge on any atom is -0.865 e. The van der Waals surface area contributed by atoms with Crippen LogP contribution in [0, 0.1) is 21.4 Å². The van der Waals surface area contributed by atoms with Crippen LogP contribution in [0.3, 0.4) is 0 Å². The lowest BCUT2D eigenvalue weighted by Gasteiger charge is -2.13. The van der Waals surface area contributed by atoms with Crippen molar-refractivity contribution < 1.29 is 23.2 Å². The number of nitriles is 1. The van der Waals surface area contributed by atoms with Crippen molar-refractivity contribution in [3.05, 3.63) is 62.0 Å². The molecule has 0 unspecified atom stereocenters. The maximum Gasteiger partial charge on any atom is 0.266 e. The average molecular weight is 394 g/mol. The monoisotopic (exact) mass is 393 g/mol. The number of ether oxygens (including phenoxy) is 1. The van der Waals surface area contributed by atoms with E-state index in [1.54, 1.807) is 6.07 Å². The fourth-order valence-corrected chi connectivity index (χ4v) is 3.33. The third-order valence-corrected chi connectivity index (χ3v) is 5.23. The molecule has 0 spiro atoms. The van der Waals surface area contributed by atoms with Crippen LogP contribution >= 0.6 is 11.6 Å². The molecular weight excluding hydrogens is 384 g/mol. The van der Waals surface area contributed by atoms with Crippen molar-refractivity contribution in [1.82, 2.24) is 0 Å². The number of nitro benzene ring substituents is 1. The van der Waals surface area contributed by atoms with Gasteiger partial charge in [-0.15, -0.1) is 0 Å². The van der Waals surface area contributed by atoms with E-state index in [-0.39, 0.29) is 16.2 Å². The Labute approximate surface area is 153 Å². The third-order valence-electron chi connectivity index (χ3n) is 3.30. The number of sulfone groups is 1. The molecule has 8 nitrogen and oxygen atoms in total. The number of hydrogen-bond acceptors (Lipinski definition) is 7. The molecule has 0 aromatic heterocycles. The van der Waals surface area contributed by atoms with E-state index >= 15 is 0 Å². The second-order valence-electron chi connectivity index (χ2n) is 4.91. The van der Waals surface area contributed by atoms with E-state index in [2.05, 4.69) is 0 Å². The summed E-state index contributed by atoms with van der Waals surface area (Å²) >= 11 is 5.72. The molecule has 2 aromatic carbocycles. The molecule has 0 fully saturated rings. The predicted molar refractivity (Wildman–Crippen MR) is 91.3 cm³/mol. The predicted octanol–water partition coefficient (Wildman–Crippen LogP) is 2.67. The minimum absolute atomic E-state index is 0.0396. The topological polar surface area (TPSA) is 133 Å². The molecule has 26 heavy (non-hydrogen) atoms. The molecule has 0 saturated heterocycles. The number of nitro groups is 1. The highest BCUT2D eigenvalue weighted by Gasteiger charge is 2.22. The van der Waals surface area contributed by atoms with E-state index in [1.165, 1.54) is 24.3 Å². The van der Waals surface area contributed by atoms with E-state index in [4.69, 9.17) is 16.3 Å². The van der Waals surface area contributed by atoms with Gasteiger partial charge in [-0.1, -0.05) is 11.6 Å². The lowest BCUT2D eigenvalue weighted by atomic mass is 10.1. The summed E-state index contributed by atoms with van der Waals surface area (Å²) in [7, 11) is -3.03. The first-order valence-corrected chi connectivity index (χ1v) is 8.72. The number of hydrogen-bond donors (Lipinski definition) is 0. The van der Waals surface area contributed by atoms with Gasteiger partial charge in [-0.05, 0) is 42.0 Å². The van der Waals surface area contributed by atoms with Crippen molar-refractivity contribution in [3.63, 3.8) is 0 Å². The van der Waals surface area contributed by atoms with Gasteiger partial charge in [0, 0.05) is 16.8 Å². The van der Waals surface area contributed by atoms with Crippen LogP contribution in [0.2, 0.25) is 5.02 Å². The molecule has 2 aromatic rings. The molecule has 0 aliphatic rings. The van der Waals surface area contributed by atoms with Crippen LogP contribution in [-0.4, -0.2) is 20.5 Å². The van der Waals surface area contributed by atoms with Crippen LogP contribution in [0.5, 0.6) is 11.5 Å². The van der Waals surface area contributed by atoms with Gasteiger partial charge in [-0.3, -0.25) is 10.1 Å². The lowest BCUT2D eigenvalue weighted by molar-refractivity contribution is -0.398. The fraction of sp³-hybridized carbons (Fsp3) is 0.0625. The quantitative estimate of drug-likeness (QED) is 0.433. The van der Waals surface area contributed by atoms with Crippen molar-refractivity contribution >= 4 is 33.2 Å². The smallest absolute Gasteiger partial charge is 0.266 e. The number of allylic oxidation sites excluding steroid dienone is 1. The summed E-state index contributed by atoms with van der Waals surface area (Å²) < 4.78 is 29.9. The van der Waals surface area contributed by atoms with Crippen LogP contribution in [0.4, 0.5) is 5.69 Å². The molecule has 0 saturated carbocycles. The summed E-state index contributed by atoms with van der Waals surface area (Å²) in [5, 5.41) is 32.4. The zero-order chi connectivity index (χ0) is 19.5. The van der Waals surface area contributed by atoms with Crippen molar-refractivity contribution in [3.8, 4) is 17.6 Å². The van der Waals surface area contributed by atoms with Crippen molar-refractivity contribution in [2.45, 2.75) is 4.90 Å². The molecule has 0 aliphatic carbocycles. The first-order chi connectivity index (χ1) is 12.2. The summed E-state index contributed by atoms with van der Waals surface area (Å²) in [5.74, 6) is -1.29. The maximum absolute atomic E-state index is 12.6. The van der Waals surface area contributed by atoms with Crippen LogP contribution in [0.15, 0.2) is 46.2 Å². The van der Waals surface area contributed by atoms with Gasteiger partial charge in [0.1, 0.15) is 16.7 Å². The molecule has 0 amide bonds. The van der Waals surface area contributed by atoms with Crippen molar-refractivity contribution in [2.75, 3.05) is 7.11 Å². The van der Waals surface area contributed by atoms with Crippen molar-refractivity contribution in [1.29, 1.82) is 5.26 Å². The first kappa shape index (κ1) is 19.2. The van der Waals surface area contributed by atoms with E-state index in [0.717, 1.165) is 25.3 Å². The Hall–Kier alpha value is -3.09. The van der Waals surface area contributed by atoms with Gasteiger partial charge in [0.05, 0.1) is 16.9 Å². The zero-order valence-corrected chi connectivity index (χ0v) is 14.7. The van der Waals surface area contributed by atoms with Crippen LogP contribution in [0.25, 0.3) is 6.08 Å². The highest BCUT2D eigenvalue weighted by atomic mass is 35.5. The fourth-order valence-electron chi connectivity index (χ4n) is 2.04. The standard InChI is InChI=1S/C16H11ClN2O6S/c1-25-15-8-10(7-14(16(15)20)19(21)22)6-13(9-18)26(23,24)12-4-2-11(17)3-5-12/h2-8,20H,1H3/p-1/b13-6+. The maximum atomic E-state index is 12.6. The minimum atomic E-state index is -4.18. The molecule has 0 heterocycles. The van der Waals surface area contributed by atoms with Crippen LogP contribution in [-0.2, 0) is 9.84 Å². The number of benzene rings is 2. The molecular formula is C16H10ClN2O6S-. The SMILES string of the molecule is COc1cc(/C=C(\C#N)S(=O)(=O)c2ccc(Cl)cc2)cc([N+](=O)[O-])c1[O-]. The van der Waals surface area contributed by atoms with E-state index < -0.39 is 31.1 Å². The van der Waals surface area contributed by atoms with E-state index in [1.807, 2.05) is 0 Å². The van der Waals surface area contributed by atoms with Gasteiger partial charge in [-0.25, -0.2) is 8.42 Å². The Morgan fingerprint density at radius 3 is 2.42 bits per heavy atom. The second-order valence-corrected chi connectivity index (χ2v) is 7.26. The summed E-state index contributed by atoms with van der Waals surface area (Å²) in [4.78, 5) is 9.24. The summed E-state index contributed by atoms with van der Waals surface area (Å²) in [6.45, 7) is 0. The molecule has 0 radical (unpaired) electrons. The molecule has 0 bridgehead atoms. The van der Waals surface area contributed by atoms with Gasteiger partial charge < -0.3 is 9.84 Å². The molecule has 2 rings (SSSR count).